The van der Waals surface area contributed by atoms with Gasteiger partial charge in [0.25, 0.3) is 0 Å². The SMILES string of the molecule is CC(C(=O)O)=C(C)C(=O)OC(=O)C=CC(=O)OC(=O)C(C)=C(C)C(=O)O. The quantitative estimate of drug-likeness (QED) is 0.384. The molecule has 0 heterocycles. The summed E-state index contributed by atoms with van der Waals surface area (Å²) in [4.78, 5) is 67.2. The van der Waals surface area contributed by atoms with Gasteiger partial charge in [-0.2, -0.15) is 0 Å². The Kier molecular flexibility index (Phi) is 8.34. The Bertz CT molecular complexity index is 700. The Morgan fingerprint density at radius 3 is 1.08 bits per heavy atom. The van der Waals surface area contributed by atoms with Gasteiger partial charge in [0, 0.05) is 34.4 Å². The van der Waals surface area contributed by atoms with Crippen molar-refractivity contribution in [2.45, 2.75) is 27.7 Å². The molecule has 0 aliphatic rings. The van der Waals surface area contributed by atoms with E-state index >= 15 is 0 Å². The Balaban J connectivity index is 4.88. The highest BCUT2D eigenvalue weighted by Gasteiger charge is 2.18. The molecular weight excluding hydrogens is 352 g/mol. The van der Waals surface area contributed by atoms with Gasteiger partial charge in [-0.25, -0.2) is 28.8 Å². The zero-order valence-electron chi connectivity index (χ0n) is 14.3. The second-order valence-corrected chi connectivity index (χ2v) is 4.86. The molecule has 0 saturated heterocycles. The van der Waals surface area contributed by atoms with Crippen molar-refractivity contribution in [3.8, 4) is 0 Å². The molecule has 0 unspecified atom stereocenters. The van der Waals surface area contributed by atoms with Crippen LogP contribution < -0.4 is 0 Å². The summed E-state index contributed by atoms with van der Waals surface area (Å²) in [6, 6.07) is 0. The Labute approximate surface area is 147 Å². The van der Waals surface area contributed by atoms with E-state index in [-0.39, 0.29) is 22.3 Å². The third kappa shape index (κ3) is 6.91. The third-order valence-corrected chi connectivity index (χ3v) is 3.12. The van der Waals surface area contributed by atoms with Gasteiger partial charge in [0.2, 0.25) is 0 Å². The first-order chi connectivity index (χ1) is 11.9. The largest absolute Gasteiger partial charge is 0.478 e. The van der Waals surface area contributed by atoms with Gasteiger partial charge < -0.3 is 19.7 Å². The first-order valence-electron chi connectivity index (χ1n) is 6.90. The van der Waals surface area contributed by atoms with Crippen LogP contribution in [-0.2, 0) is 38.2 Å². The van der Waals surface area contributed by atoms with Crippen molar-refractivity contribution >= 4 is 35.8 Å². The van der Waals surface area contributed by atoms with Crippen LogP contribution in [0.1, 0.15) is 27.7 Å². The van der Waals surface area contributed by atoms with Crippen molar-refractivity contribution < 1.29 is 48.5 Å². The average Bonchev–Trinajstić information content (AvgIpc) is 2.56. The zero-order valence-corrected chi connectivity index (χ0v) is 14.3. The summed E-state index contributed by atoms with van der Waals surface area (Å²) >= 11 is 0. The second kappa shape index (κ2) is 9.67. The summed E-state index contributed by atoms with van der Waals surface area (Å²) in [6.45, 7) is 4.54. The number of aliphatic carboxylic acids is 2. The second-order valence-electron chi connectivity index (χ2n) is 4.86. The molecular formula is C16H16O10. The van der Waals surface area contributed by atoms with Gasteiger partial charge in [0.1, 0.15) is 0 Å². The standard InChI is InChI=1S/C16H16O10/c1-7(13(19)20)9(3)15(23)25-11(17)5-6-12(18)26-16(24)10(4)8(2)14(21)22/h5-6H,1-4H3,(H,19,20)(H,21,22). The van der Waals surface area contributed by atoms with Gasteiger partial charge in [-0.1, -0.05) is 0 Å². The molecule has 0 saturated carbocycles. The molecule has 0 amide bonds. The van der Waals surface area contributed by atoms with Crippen LogP contribution in [0.15, 0.2) is 34.4 Å². The Morgan fingerprint density at radius 1 is 0.577 bits per heavy atom. The highest BCUT2D eigenvalue weighted by atomic mass is 16.6. The minimum absolute atomic E-state index is 0.318. The van der Waals surface area contributed by atoms with E-state index in [1.54, 1.807) is 0 Å². The predicted molar refractivity (Wildman–Crippen MR) is 83.4 cm³/mol. The molecule has 0 aliphatic carbocycles. The molecule has 0 spiro atoms. The lowest BCUT2D eigenvalue weighted by Crippen LogP contribution is -2.16. The van der Waals surface area contributed by atoms with Gasteiger partial charge in [-0.3, -0.25) is 0 Å². The Morgan fingerprint density at radius 2 is 0.846 bits per heavy atom. The molecule has 0 aromatic heterocycles. The van der Waals surface area contributed by atoms with Crippen LogP contribution in [0.2, 0.25) is 0 Å². The third-order valence-electron chi connectivity index (χ3n) is 3.12. The predicted octanol–water partition coefficient (Wildman–Crippen LogP) is 0.524. The van der Waals surface area contributed by atoms with Crippen molar-refractivity contribution in [1.29, 1.82) is 0 Å². The van der Waals surface area contributed by atoms with Crippen molar-refractivity contribution in [2.75, 3.05) is 0 Å². The van der Waals surface area contributed by atoms with Gasteiger partial charge >= 0.3 is 35.8 Å². The molecule has 0 aromatic rings. The number of hydrogen-bond donors (Lipinski definition) is 2. The lowest BCUT2D eigenvalue weighted by atomic mass is 10.1. The summed E-state index contributed by atoms with van der Waals surface area (Å²) in [7, 11) is 0. The van der Waals surface area contributed by atoms with Crippen molar-refractivity contribution in [1.82, 2.24) is 0 Å². The average molecular weight is 368 g/mol. The minimum atomic E-state index is -1.37. The van der Waals surface area contributed by atoms with Crippen LogP contribution in [0.3, 0.4) is 0 Å². The maximum atomic E-state index is 11.5. The fourth-order valence-electron chi connectivity index (χ4n) is 1.17. The van der Waals surface area contributed by atoms with E-state index in [1.165, 1.54) is 0 Å². The molecule has 0 fully saturated rings. The summed E-state index contributed by atoms with van der Waals surface area (Å²) < 4.78 is 8.58. The van der Waals surface area contributed by atoms with E-state index in [4.69, 9.17) is 10.2 Å². The zero-order chi connectivity index (χ0) is 20.6. The number of carbonyl (C=O) groups excluding carboxylic acids is 4. The van der Waals surface area contributed by atoms with Gasteiger partial charge in [0.15, 0.2) is 0 Å². The lowest BCUT2D eigenvalue weighted by molar-refractivity contribution is -0.156. The maximum absolute atomic E-state index is 11.5. The molecule has 10 heteroatoms. The van der Waals surface area contributed by atoms with Crippen LogP contribution in [0.5, 0.6) is 0 Å². The van der Waals surface area contributed by atoms with Crippen molar-refractivity contribution in [2.24, 2.45) is 0 Å². The Hall–Kier alpha value is -3.56. The van der Waals surface area contributed by atoms with E-state index in [2.05, 4.69) is 9.47 Å². The molecule has 0 aromatic carbocycles. The smallest absolute Gasteiger partial charge is 0.342 e. The number of carboxylic acids is 2. The number of hydrogen-bond acceptors (Lipinski definition) is 8. The van der Waals surface area contributed by atoms with Crippen LogP contribution in [-0.4, -0.2) is 46.0 Å². The highest BCUT2D eigenvalue weighted by Crippen LogP contribution is 2.07. The lowest BCUT2D eigenvalue weighted by Gasteiger charge is -2.03. The normalized spacial score (nSPS) is 12.6. The molecule has 0 rings (SSSR count). The monoisotopic (exact) mass is 368 g/mol. The fraction of sp³-hybridized carbons (Fsp3) is 0.250. The van der Waals surface area contributed by atoms with Crippen molar-refractivity contribution in [3.63, 3.8) is 0 Å². The summed E-state index contributed by atoms with van der Waals surface area (Å²) in [5.74, 6) is -7.79. The molecule has 0 bridgehead atoms. The molecule has 26 heavy (non-hydrogen) atoms. The summed E-state index contributed by atoms with van der Waals surface area (Å²) in [6.07, 6.45) is 0.972. The van der Waals surface area contributed by atoms with E-state index in [0.717, 1.165) is 27.7 Å². The fourth-order valence-corrected chi connectivity index (χ4v) is 1.17. The number of esters is 4. The van der Waals surface area contributed by atoms with Crippen LogP contribution in [0.25, 0.3) is 0 Å². The molecule has 2 N–H and O–H groups in total. The van der Waals surface area contributed by atoms with E-state index in [9.17, 15) is 28.8 Å². The minimum Gasteiger partial charge on any atom is -0.478 e. The molecule has 10 nitrogen and oxygen atoms in total. The van der Waals surface area contributed by atoms with Crippen LogP contribution in [0.4, 0.5) is 0 Å². The molecule has 0 radical (unpaired) electrons. The maximum Gasteiger partial charge on any atom is 0.342 e. The van der Waals surface area contributed by atoms with Crippen molar-refractivity contribution in [3.05, 3.63) is 34.4 Å². The van der Waals surface area contributed by atoms with Gasteiger partial charge in [0.05, 0.1) is 0 Å². The van der Waals surface area contributed by atoms with E-state index < -0.39 is 35.8 Å². The summed E-state index contributed by atoms with van der Waals surface area (Å²) in [5, 5.41) is 17.4. The summed E-state index contributed by atoms with van der Waals surface area (Å²) in [5.41, 5.74) is -1.29. The van der Waals surface area contributed by atoms with Gasteiger partial charge in [-0.15, -0.1) is 0 Å². The topological polar surface area (TPSA) is 161 Å². The first-order valence-corrected chi connectivity index (χ1v) is 6.90. The molecule has 140 valence electrons. The van der Waals surface area contributed by atoms with Crippen LogP contribution in [0, 0.1) is 0 Å². The number of ether oxygens (including phenoxy) is 2. The highest BCUT2D eigenvalue weighted by molar-refractivity contribution is 6.07. The number of carboxylic acid groups (broad SMARTS) is 2. The molecule has 0 aliphatic heterocycles. The van der Waals surface area contributed by atoms with E-state index in [0.29, 0.717) is 12.2 Å². The van der Waals surface area contributed by atoms with E-state index in [1.807, 2.05) is 0 Å². The van der Waals surface area contributed by atoms with Crippen LogP contribution >= 0.6 is 0 Å². The number of rotatable bonds is 6. The van der Waals surface area contributed by atoms with Gasteiger partial charge in [-0.05, 0) is 27.7 Å². The first kappa shape index (κ1) is 22.4. The molecule has 0 atom stereocenters. The number of carbonyl (C=O) groups is 6.